The van der Waals surface area contributed by atoms with Gasteiger partial charge in [0, 0.05) is 25.2 Å². The number of anilines is 1. The van der Waals surface area contributed by atoms with Gasteiger partial charge in [-0.25, -0.2) is 23.2 Å². The van der Waals surface area contributed by atoms with Crippen LogP contribution in [0.15, 0.2) is 78.2 Å². The first-order valence-electron chi connectivity index (χ1n) is 14.7. The number of aromatic nitrogens is 5. The number of alkyl halides is 2. The summed E-state index contributed by atoms with van der Waals surface area (Å²) in [6, 6.07) is 12.5. The van der Waals surface area contributed by atoms with Gasteiger partial charge in [-0.15, -0.1) is 0 Å². The lowest BCUT2D eigenvalue weighted by molar-refractivity contribution is -0.131. The summed E-state index contributed by atoms with van der Waals surface area (Å²) >= 11 is 0. The van der Waals surface area contributed by atoms with Crippen LogP contribution in [0.3, 0.4) is 0 Å². The molecule has 3 aromatic heterocycles. The minimum atomic E-state index is -3.37. The first-order valence-corrected chi connectivity index (χ1v) is 16.4. The van der Waals surface area contributed by atoms with E-state index in [1.54, 1.807) is 62.0 Å². The molecule has 17 heteroatoms. The Bertz CT molecular complexity index is 1700. The van der Waals surface area contributed by atoms with E-state index in [1.165, 1.54) is 16.9 Å². The number of nitrogens with two attached hydrogens (primary N) is 1. The summed E-state index contributed by atoms with van der Waals surface area (Å²) in [5.41, 5.74) is 7.31. The number of nitrogens with zero attached hydrogens (tertiary/aromatic N) is 6. The molecular weight excluding hydrogens is 638 g/mol. The molecule has 1 saturated heterocycles. The Balaban J connectivity index is 1.24. The van der Waals surface area contributed by atoms with Crippen LogP contribution in [0.5, 0.6) is 5.88 Å². The molecule has 4 heterocycles. The highest BCUT2D eigenvalue weighted by molar-refractivity contribution is 7.91. The number of hydrogen-bond acceptors (Lipinski definition) is 12. The molecule has 3 N–H and O–H groups in total. The van der Waals surface area contributed by atoms with Crippen molar-refractivity contribution in [3.05, 3.63) is 84.4 Å². The van der Waals surface area contributed by atoms with E-state index >= 15 is 0 Å². The SMILES string of the molecule is CCS(=O)(=O)c1ccc([C@H](COC(N)=O)NCc2ccc(N3C[C@@H](Oc4ccc(-n5nccn5)cn4)C[C@H]3COC(F)F)nc2)cc1. The molecule has 0 unspecified atom stereocenters. The van der Waals surface area contributed by atoms with Crippen LogP contribution in [0.2, 0.25) is 0 Å². The average Bonchev–Trinajstić information content (AvgIpc) is 3.75. The summed E-state index contributed by atoms with van der Waals surface area (Å²) in [7, 11) is -3.37. The number of ether oxygens (including phenoxy) is 3. The number of carbonyl (C=O) groups excluding carboxylic acids is 1. The lowest BCUT2D eigenvalue weighted by Gasteiger charge is -2.25. The first-order chi connectivity index (χ1) is 22.6. The third-order valence-electron chi connectivity index (χ3n) is 7.52. The number of nitrogens with one attached hydrogen (secondary N) is 1. The van der Waals surface area contributed by atoms with Crippen molar-refractivity contribution in [3.8, 4) is 11.6 Å². The molecule has 0 aliphatic carbocycles. The predicted molar refractivity (Wildman–Crippen MR) is 165 cm³/mol. The van der Waals surface area contributed by atoms with Crippen LogP contribution in [-0.4, -0.2) is 83.7 Å². The van der Waals surface area contributed by atoms with Gasteiger partial charge in [0.05, 0.1) is 54.5 Å². The van der Waals surface area contributed by atoms with Gasteiger partial charge in [0.15, 0.2) is 9.84 Å². The van der Waals surface area contributed by atoms with Crippen molar-refractivity contribution in [3.63, 3.8) is 0 Å². The maximum atomic E-state index is 13.0. The number of amides is 1. The van der Waals surface area contributed by atoms with E-state index in [4.69, 9.17) is 15.2 Å². The molecule has 1 aliphatic heterocycles. The number of pyridine rings is 2. The molecule has 3 atom stereocenters. The lowest BCUT2D eigenvalue weighted by Crippen LogP contribution is -2.34. The smallest absolute Gasteiger partial charge is 0.404 e. The maximum Gasteiger partial charge on any atom is 0.404 e. The Kier molecular flexibility index (Phi) is 10.9. The molecule has 1 aliphatic rings. The Hall–Kier alpha value is -4.74. The number of hydrogen-bond donors (Lipinski definition) is 2. The Morgan fingerprint density at radius 3 is 2.45 bits per heavy atom. The summed E-state index contributed by atoms with van der Waals surface area (Å²) in [5, 5.41) is 11.4. The monoisotopic (exact) mass is 672 g/mol. The third kappa shape index (κ3) is 8.96. The van der Waals surface area contributed by atoms with E-state index < -0.39 is 34.6 Å². The van der Waals surface area contributed by atoms with Crippen LogP contribution in [0, 0.1) is 0 Å². The number of halogens is 2. The molecule has 0 spiro atoms. The van der Waals surface area contributed by atoms with Gasteiger partial charge in [-0.1, -0.05) is 25.1 Å². The van der Waals surface area contributed by atoms with E-state index in [0.717, 1.165) is 5.56 Å². The van der Waals surface area contributed by atoms with Gasteiger partial charge < -0.3 is 30.2 Å². The van der Waals surface area contributed by atoms with Crippen molar-refractivity contribution >= 4 is 21.7 Å². The normalized spacial score (nSPS) is 17.1. The quantitative estimate of drug-likeness (QED) is 0.189. The third-order valence-corrected chi connectivity index (χ3v) is 9.27. The summed E-state index contributed by atoms with van der Waals surface area (Å²) in [4.78, 5) is 23.7. The molecule has 5 rings (SSSR count). The minimum absolute atomic E-state index is 0.0244. The van der Waals surface area contributed by atoms with Crippen LogP contribution in [0.4, 0.5) is 19.4 Å². The average molecular weight is 673 g/mol. The standard InChI is InChI=1S/C30H34F2N8O6S/c1-2-47(42,43)25-7-4-21(5-8-25)26(19-45-30(33)41)34-14-20-3-9-27(35-15-20)39-17-24(13-23(39)18-44-29(31)32)46-28-10-6-22(16-36-28)40-37-11-12-38-40/h3-12,15-16,23-24,26,29,34H,2,13-14,17-19H2,1H3,(H2,33,41)/t23-,24-,26-/m0/s1. The van der Waals surface area contributed by atoms with Gasteiger partial charge >= 0.3 is 12.7 Å². The fourth-order valence-electron chi connectivity index (χ4n) is 5.11. The second-order valence-electron chi connectivity index (χ2n) is 10.6. The molecule has 0 saturated carbocycles. The Labute approximate surface area is 269 Å². The number of carbonyl (C=O) groups is 1. The van der Waals surface area contributed by atoms with Crippen molar-refractivity contribution in [2.75, 3.05) is 30.4 Å². The van der Waals surface area contributed by atoms with Gasteiger partial charge in [0.2, 0.25) is 5.88 Å². The minimum Gasteiger partial charge on any atom is -0.472 e. The van der Waals surface area contributed by atoms with Gasteiger partial charge in [-0.2, -0.15) is 23.8 Å². The number of sulfone groups is 1. The number of benzene rings is 1. The zero-order chi connectivity index (χ0) is 33.4. The molecule has 0 radical (unpaired) electrons. The van der Waals surface area contributed by atoms with Crippen LogP contribution < -0.4 is 20.7 Å². The van der Waals surface area contributed by atoms with E-state index in [0.29, 0.717) is 42.5 Å². The maximum absolute atomic E-state index is 13.0. The molecule has 4 aromatic rings. The first kappa shape index (κ1) is 33.6. The fraction of sp³-hybridized carbons (Fsp3) is 0.367. The van der Waals surface area contributed by atoms with Crippen molar-refractivity contribution in [1.82, 2.24) is 30.3 Å². The predicted octanol–water partition coefficient (Wildman–Crippen LogP) is 3.04. The largest absolute Gasteiger partial charge is 0.472 e. The number of primary amides is 1. The molecule has 47 heavy (non-hydrogen) atoms. The van der Waals surface area contributed by atoms with E-state index in [1.807, 2.05) is 11.0 Å². The van der Waals surface area contributed by atoms with Crippen LogP contribution >= 0.6 is 0 Å². The second-order valence-corrected chi connectivity index (χ2v) is 12.9. The topological polar surface area (TPSA) is 177 Å². The fourth-order valence-corrected chi connectivity index (χ4v) is 5.99. The Morgan fingerprint density at radius 1 is 1.06 bits per heavy atom. The lowest BCUT2D eigenvalue weighted by atomic mass is 10.1. The van der Waals surface area contributed by atoms with Gasteiger partial charge in [-0.05, 0) is 35.4 Å². The summed E-state index contributed by atoms with van der Waals surface area (Å²) in [6.07, 6.45) is 5.43. The summed E-state index contributed by atoms with van der Waals surface area (Å²) in [5.74, 6) is 0.896. The highest BCUT2D eigenvalue weighted by atomic mass is 32.2. The van der Waals surface area contributed by atoms with Crippen molar-refractivity contribution in [2.45, 2.75) is 49.6 Å². The van der Waals surface area contributed by atoms with Crippen LogP contribution in [0.1, 0.15) is 30.5 Å². The molecule has 1 amide bonds. The van der Waals surface area contributed by atoms with Gasteiger partial charge in [-0.3, -0.25) is 0 Å². The van der Waals surface area contributed by atoms with Crippen LogP contribution in [0.25, 0.3) is 5.69 Å². The molecule has 1 aromatic carbocycles. The highest BCUT2D eigenvalue weighted by Gasteiger charge is 2.35. The van der Waals surface area contributed by atoms with E-state index in [-0.39, 0.29) is 30.0 Å². The zero-order valence-corrected chi connectivity index (χ0v) is 26.2. The molecular formula is C30H34F2N8O6S. The number of rotatable bonds is 15. The second kappa shape index (κ2) is 15.2. The highest BCUT2D eigenvalue weighted by Crippen LogP contribution is 2.28. The zero-order valence-electron chi connectivity index (χ0n) is 25.4. The summed E-state index contributed by atoms with van der Waals surface area (Å²) in [6.45, 7) is -0.974. The van der Waals surface area contributed by atoms with Gasteiger partial charge in [0.25, 0.3) is 0 Å². The molecule has 14 nitrogen and oxygen atoms in total. The van der Waals surface area contributed by atoms with E-state index in [9.17, 15) is 22.0 Å². The molecule has 1 fully saturated rings. The Morgan fingerprint density at radius 2 is 1.83 bits per heavy atom. The van der Waals surface area contributed by atoms with E-state index in [2.05, 4.69) is 30.2 Å². The van der Waals surface area contributed by atoms with Crippen molar-refractivity contribution in [2.24, 2.45) is 5.73 Å². The van der Waals surface area contributed by atoms with Crippen molar-refractivity contribution < 1.29 is 36.2 Å². The van der Waals surface area contributed by atoms with Crippen LogP contribution in [-0.2, 0) is 25.9 Å². The van der Waals surface area contributed by atoms with Crippen molar-refractivity contribution in [1.29, 1.82) is 0 Å². The molecule has 250 valence electrons. The summed E-state index contributed by atoms with van der Waals surface area (Å²) < 4.78 is 66.1. The molecule has 0 bridgehead atoms. The van der Waals surface area contributed by atoms with Gasteiger partial charge in [0.1, 0.15) is 24.2 Å².